The number of nitrogens with one attached hydrogen (secondary N) is 2. The van der Waals surface area contributed by atoms with Gasteiger partial charge in [-0.1, -0.05) is 52.0 Å². The third-order valence-corrected chi connectivity index (χ3v) is 5.96. The fraction of sp³-hybridized carbons (Fsp3) is 0.708. The molecule has 0 bridgehead atoms. The van der Waals surface area contributed by atoms with Crippen LogP contribution >= 0.6 is 0 Å². The van der Waals surface area contributed by atoms with Gasteiger partial charge in [0, 0.05) is 45.3 Å². The van der Waals surface area contributed by atoms with Crippen LogP contribution in [0, 0.1) is 0 Å². The molecule has 30 heavy (non-hydrogen) atoms. The van der Waals surface area contributed by atoms with Crippen LogP contribution in [-0.4, -0.2) is 79.3 Å². The third kappa shape index (κ3) is 7.56. The number of aliphatic imine (C=N–C) groups is 1. The molecule has 0 saturated carbocycles. The Morgan fingerprint density at radius 1 is 1.07 bits per heavy atom. The zero-order chi connectivity index (χ0) is 22.1. The molecule has 1 aliphatic rings. The minimum absolute atomic E-state index is 0.118. The van der Waals surface area contributed by atoms with Gasteiger partial charge in [0.1, 0.15) is 0 Å². The number of nitrogens with zero attached hydrogens (tertiary/aromatic N) is 3. The van der Waals surface area contributed by atoms with Crippen molar-refractivity contribution in [3.05, 3.63) is 35.4 Å². The standard InChI is InChI=1S/C24H43N5O/c1-7-25-23(26-17-19(3)29-15-13-28(8-2)14-16-29)27-18-22(30)20-9-11-21(12-10-20)24(4,5)6/h9-12,19,22,30H,7-8,13-18H2,1-6H3,(H2,25,26,27). The summed E-state index contributed by atoms with van der Waals surface area (Å²) in [6.45, 7) is 20.8. The average molecular weight is 418 g/mol. The second-order valence-electron chi connectivity index (χ2n) is 9.31. The second-order valence-corrected chi connectivity index (χ2v) is 9.31. The molecule has 0 spiro atoms. The lowest BCUT2D eigenvalue weighted by atomic mass is 9.86. The van der Waals surface area contributed by atoms with Gasteiger partial charge in [-0.3, -0.25) is 9.89 Å². The molecule has 2 rings (SSSR count). The lowest BCUT2D eigenvalue weighted by molar-refractivity contribution is 0.109. The summed E-state index contributed by atoms with van der Waals surface area (Å²) in [5, 5.41) is 17.2. The van der Waals surface area contributed by atoms with Crippen molar-refractivity contribution in [2.45, 2.75) is 59.1 Å². The van der Waals surface area contributed by atoms with Gasteiger partial charge in [-0.05, 0) is 36.9 Å². The van der Waals surface area contributed by atoms with Crippen LogP contribution in [0.1, 0.15) is 58.8 Å². The van der Waals surface area contributed by atoms with Crippen molar-refractivity contribution in [3.8, 4) is 0 Å². The summed E-state index contributed by atoms with van der Waals surface area (Å²) < 4.78 is 0. The SMILES string of the molecule is CCNC(=NCC(C)N1CCN(CC)CC1)NCC(O)c1ccc(C(C)(C)C)cc1. The number of hydrogen-bond acceptors (Lipinski definition) is 4. The van der Waals surface area contributed by atoms with Gasteiger partial charge in [-0.25, -0.2) is 0 Å². The molecule has 3 N–H and O–H groups in total. The molecule has 1 aromatic rings. The Morgan fingerprint density at radius 3 is 2.23 bits per heavy atom. The van der Waals surface area contributed by atoms with Gasteiger partial charge in [-0.2, -0.15) is 0 Å². The van der Waals surface area contributed by atoms with E-state index in [-0.39, 0.29) is 5.41 Å². The zero-order valence-electron chi connectivity index (χ0n) is 19.9. The van der Waals surface area contributed by atoms with Crippen molar-refractivity contribution in [2.75, 3.05) is 52.4 Å². The Kier molecular flexibility index (Phi) is 9.59. The Labute approximate surface area is 183 Å². The minimum Gasteiger partial charge on any atom is -0.387 e. The van der Waals surface area contributed by atoms with Crippen LogP contribution in [0.25, 0.3) is 0 Å². The zero-order valence-corrected chi connectivity index (χ0v) is 19.9. The highest BCUT2D eigenvalue weighted by atomic mass is 16.3. The first-order valence-electron chi connectivity index (χ1n) is 11.5. The van der Waals surface area contributed by atoms with Gasteiger partial charge in [0.2, 0.25) is 0 Å². The van der Waals surface area contributed by atoms with E-state index >= 15 is 0 Å². The lowest BCUT2D eigenvalue weighted by Gasteiger charge is -2.37. The monoisotopic (exact) mass is 417 g/mol. The quantitative estimate of drug-likeness (QED) is 0.448. The van der Waals surface area contributed by atoms with Crippen LogP contribution < -0.4 is 10.6 Å². The number of aliphatic hydroxyl groups is 1. The molecule has 1 fully saturated rings. The van der Waals surface area contributed by atoms with Crippen LogP contribution in [0.4, 0.5) is 0 Å². The van der Waals surface area contributed by atoms with Crippen molar-refractivity contribution in [3.63, 3.8) is 0 Å². The van der Waals surface area contributed by atoms with Gasteiger partial charge in [0.05, 0.1) is 12.6 Å². The number of piperazine rings is 1. The first kappa shape index (κ1) is 24.6. The average Bonchev–Trinajstić information content (AvgIpc) is 2.74. The van der Waals surface area contributed by atoms with E-state index in [4.69, 9.17) is 4.99 Å². The van der Waals surface area contributed by atoms with Crippen molar-refractivity contribution in [1.29, 1.82) is 0 Å². The summed E-state index contributed by atoms with van der Waals surface area (Å²) in [5.41, 5.74) is 2.32. The van der Waals surface area contributed by atoms with E-state index in [1.807, 2.05) is 12.1 Å². The second kappa shape index (κ2) is 11.7. The first-order valence-corrected chi connectivity index (χ1v) is 11.5. The molecular formula is C24H43N5O. The molecule has 1 heterocycles. The summed E-state index contributed by atoms with van der Waals surface area (Å²) in [4.78, 5) is 9.78. The topological polar surface area (TPSA) is 63.1 Å². The first-order chi connectivity index (χ1) is 14.2. The number of aliphatic hydroxyl groups excluding tert-OH is 1. The Balaban J connectivity index is 1.87. The van der Waals surface area contributed by atoms with Gasteiger partial charge in [0.25, 0.3) is 0 Å². The van der Waals surface area contributed by atoms with E-state index in [1.165, 1.54) is 5.56 Å². The summed E-state index contributed by atoms with van der Waals surface area (Å²) in [6, 6.07) is 8.67. The molecule has 1 saturated heterocycles. The number of likely N-dealkylation sites (N-methyl/N-ethyl adjacent to an activating group) is 1. The predicted molar refractivity (Wildman–Crippen MR) is 127 cm³/mol. The molecule has 2 atom stereocenters. The maximum atomic E-state index is 10.6. The van der Waals surface area contributed by atoms with Gasteiger partial charge >= 0.3 is 0 Å². The van der Waals surface area contributed by atoms with E-state index in [2.05, 4.69) is 74.1 Å². The number of benzene rings is 1. The van der Waals surface area contributed by atoms with E-state index in [0.29, 0.717) is 12.6 Å². The van der Waals surface area contributed by atoms with E-state index in [1.54, 1.807) is 0 Å². The minimum atomic E-state index is -0.567. The third-order valence-electron chi connectivity index (χ3n) is 5.96. The molecule has 6 heteroatoms. The Morgan fingerprint density at radius 2 is 1.70 bits per heavy atom. The summed E-state index contributed by atoms with van der Waals surface area (Å²) >= 11 is 0. The van der Waals surface area contributed by atoms with Crippen LogP contribution in [0.3, 0.4) is 0 Å². The van der Waals surface area contributed by atoms with Gasteiger partial charge in [0.15, 0.2) is 5.96 Å². The van der Waals surface area contributed by atoms with Crippen molar-refractivity contribution in [2.24, 2.45) is 4.99 Å². The fourth-order valence-electron chi connectivity index (χ4n) is 3.72. The van der Waals surface area contributed by atoms with Crippen molar-refractivity contribution >= 4 is 5.96 Å². The van der Waals surface area contributed by atoms with Gasteiger partial charge in [-0.15, -0.1) is 0 Å². The van der Waals surface area contributed by atoms with E-state index in [0.717, 1.165) is 57.3 Å². The smallest absolute Gasteiger partial charge is 0.191 e. The number of rotatable bonds is 8. The molecule has 1 aromatic carbocycles. The summed E-state index contributed by atoms with van der Waals surface area (Å²) in [5.74, 6) is 0.766. The Hall–Kier alpha value is -1.63. The van der Waals surface area contributed by atoms with Crippen LogP contribution in [0.15, 0.2) is 29.3 Å². The highest BCUT2D eigenvalue weighted by molar-refractivity contribution is 5.79. The molecule has 6 nitrogen and oxygen atoms in total. The maximum Gasteiger partial charge on any atom is 0.191 e. The maximum absolute atomic E-state index is 10.6. The van der Waals surface area contributed by atoms with Crippen molar-refractivity contribution in [1.82, 2.24) is 20.4 Å². The molecular weight excluding hydrogens is 374 g/mol. The van der Waals surface area contributed by atoms with Crippen LogP contribution in [0.2, 0.25) is 0 Å². The highest BCUT2D eigenvalue weighted by Crippen LogP contribution is 2.23. The lowest BCUT2D eigenvalue weighted by Crippen LogP contribution is -2.50. The highest BCUT2D eigenvalue weighted by Gasteiger charge is 2.20. The largest absolute Gasteiger partial charge is 0.387 e. The molecule has 2 unspecified atom stereocenters. The molecule has 170 valence electrons. The number of guanidine groups is 1. The van der Waals surface area contributed by atoms with Crippen molar-refractivity contribution < 1.29 is 5.11 Å². The van der Waals surface area contributed by atoms with Crippen LogP contribution in [0.5, 0.6) is 0 Å². The molecule has 0 amide bonds. The van der Waals surface area contributed by atoms with Crippen LogP contribution in [-0.2, 0) is 5.41 Å². The summed E-state index contributed by atoms with van der Waals surface area (Å²) in [6.07, 6.45) is -0.567. The van der Waals surface area contributed by atoms with E-state index in [9.17, 15) is 5.11 Å². The molecule has 1 aliphatic heterocycles. The molecule has 0 aromatic heterocycles. The normalized spacial score (nSPS) is 18.8. The fourth-order valence-corrected chi connectivity index (χ4v) is 3.72. The summed E-state index contributed by atoms with van der Waals surface area (Å²) in [7, 11) is 0. The van der Waals surface area contributed by atoms with Gasteiger partial charge < -0.3 is 20.6 Å². The molecule has 0 aliphatic carbocycles. The predicted octanol–water partition coefficient (Wildman–Crippen LogP) is 2.60. The van der Waals surface area contributed by atoms with E-state index < -0.39 is 6.10 Å². The Bertz CT molecular complexity index is 645. The number of hydrogen-bond donors (Lipinski definition) is 3. The molecule has 0 radical (unpaired) electrons.